The van der Waals surface area contributed by atoms with Crippen LogP contribution < -0.4 is 21.3 Å². The van der Waals surface area contributed by atoms with E-state index in [4.69, 9.17) is 24.1 Å². The fourth-order valence-corrected chi connectivity index (χ4v) is 6.69. The molecule has 8 amide bonds. The monoisotopic (exact) mass is 808 g/mol. The second kappa shape index (κ2) is 21.2. The Hall–Kier alpha value is -5.60. The van der Waals surface area contributed by atoms with E-state index >= 15 is 0 Å². The van der Waals surface area contributed by atoms with Crippen LogP contribution in [0.5, 0.6) is 0 Å². The first-order chi connectivity index (χ1) is 28.1. The Kier molecular flexibility index (Phi) is 15.9. The summed E-state index contributed by atoms with van der Waals surface area (Å²) in [6.45, 7) is 6.33. The van der Waals surface area contributed by atoms with Crippen molar-refractivity contribution in [2.24, 2.45) is 0 Å². The van der Waals surface area contributed by atoms with Gasteiger partial charge in [0.25, 0.3) is 23.6 Å². The van der Waals surface area contributed by atoms with Gasteiger partial charge in [0, 0.05) is 43.9 Å². The predicted octanol–water partition coefficient (Wildman–Crippen LogP) is 0.468. The van der Waals surface area contributed by atoms with Gasteiger partial charge in [0.1, 0.15) is 12.1 Å². The number of anilines is 2. The molecule has 5 N–H and O–H groups in total. The van der Waals surface area contributed by atoms with E-state index in [-0.39, 0.29) is 61.2 Å². The Morgan fingerprint density at radius 1 is 0.586 bits per heavy atom. The van der Waals surface area contributed by atoms with Crippen molar-refractivity contribution < 1.29 is 62.4 Å². The van der Waals surface area contributed by atoms with Crippen LogP contribution in [-0.2, 0) is 38.1 Å². The molecule has 312 valence electrons. The molecule has 0 aliphatic carbocycles. The lowest BCUT2D eigenvalue weighted by molar-refractivity contribution is -0.137. The topological polar surface area (TPSA) is 248 Å². The molecule has 4 heterocycles. The number of amides is 8. The zero-order chi connectivity index (χ0) is 41.6. The standard InChI is InChI=1S/C20H25N3O6.C19H23N3O7/c1-2-9-28-11-12-29-10-8-21-14-5-3-4-13-17(14)20(27)23(19(13)26)15-6-7-16(24)22-18(15)25;23-7-9-29-11-10-28-8-6-20-13-3-1-2-12-16(13)19(27)22(18(12)26)14-4-5-15(24)21-17(14)25/h3-5,15,21H,2,6-12H2,1H3,(H,22,24,25);1-3,14,20,23H,4-11H2,(H,21,24,25). The molecule has 2 aromatic rings. The number of hydrogen-bond donors (Lipinski definition) is 5. The largest absolute Gasteiger partial charge is 0.394 e. The molecule has 2 aromatic carbocycles. The third-order valence-electron chi connectivity index (χ3n) is 9.39. The first-order valence-electron chi connectivity index (χ1n) is 19.2. The maximum absolute atomic E-state index is 12.9. The molecule has 0 radical (unpaired) electrons. The molecule has 0 aromatic heterocycles. The smallest absolute Gasteiger partial charge is 0.264 e. The van der Waals surface area contributed by atoms with Crippen LogP contribution >= 0.6 is 0 Å². The number of piperidine rings is 2. The van der Waals surface area contributed by atoms with Gasteiger partial charge in [-0.15, -0.1) is 0 Å². The highest BCUT2D eigenvalue weighted by Crippen LogP contribution is 2.33. The summed E-state index contributed by atoms with van der Waals surface area (Å²) in [6.07, 6.45) is 1.38. The number of nitrogens with one attached hydrogen (secondary N) is 4. The Balaban J connectivity index is 0.000000221. The third kappa shape index (κ3) is 10.5. The number of aliphatic hydroxyl groups excluding tert-OH is 1. The van der Waals surface area contributed by atoms with Gasteiger partial charge in [0.2, 0.25) is 23.6 Å². The summed E-state index contributed by atoms with van der Waals surface area (Å²) in [5.74, 6) is -4.21. The van der Waals surface area contributed by atoms with E-state index in [1.807, 2.05) is 6.92 Å². The van der Waals surface area contributed by atoms with E-state index < -0.39 is 59.3 Å². The van der Waals surface area contributed by atoms with Crippen LogP contribution in [0.2, 0.25) is 0 Å². The maximum Gasteiger partial charge on any atom is 0.264 e. The molecule has 0 spiro atoms. The Morgan fingerprint density at radius 2 is 1.00 bits per heavy atom. The minimum absolute atomic E-state index is 0.0384. The molecule has 0 saturated carbocycles. The maximum atomic E-state index is 12.9. The van der Waals surface area contributed by atoms with Crippen molar-refractivity contribution in [1.82, 2.24) is 20.4 Å². The lowest BCUT2D eigenvalue weighted by Gasteiger charge is -2.27. The number of rotatable bonds is 20. The molecule has 2 saturated heterocycles. The molecule has 2 fully saturated rings. The quantitative estimate of drug-likeness (QED) is 0.0901. The molecule has 0 bridgehead atoms. The molecule has 2 unspecified atom stereocenters. The van der Waals surface area contributed by atoms with Crippen molar-refractivity contribution in [2.75, 3.05) is 83.2 Å². The van der Waals surface area contributed by atoms with Crippen molar-refractivity contribution in [3.05, 3.63) is 58.7 Å². The highest BCUT2D eigenvalue weighted by Gasteiger charge is 2.47. The van der Waals surface area contributed by atoms with Crippen LogP contribution in [0, 0.1) is 0 Å². The lowest BCUT2D eigenvalue weighted by Crippen LogP contribution is -2.54. The number of aliphatic hydroxyl groups is 1. The fraction of sp³-hybridized carbons (Fsp3) is 0.487. The van der Waals surface area contributed by atoms with Gasteiger partial charge in [-0.2, -0.15) is 0 Å². The lowest BCUT2D eigenvalue weighted by atomic mass is 10.0. The summed E-state index contributed by atoms with van der Waals surface area (Å²) in [5.41, 5.74) is 1.93. The van der Waals surface area contributed by atoms with Gasteiger partial charge in [-0.3, -0.25) is 58.8 Å². The molecule has 19 heteroatoms. The van der Waals surface area contributed by atoms with Crippen LogP contribution in [0.15, 0.2) is 36.4 Å². The number of carbonyl (C=O) groups excluding carboxylic acids is 8. The predicted molar refractivity (Wildman–Crippen MR) is 204 cm³/mol. The van der Waals surface area contributed by atoms with E-state index in [0.717, 1.165) is 16.2 Å². The van der Waals surface area contributed by atoms with Gasteiger partial charge in [-0.1, -0.05) is 19.1 Å². The van der Waals surface area contributed by atoms with E-state index in [1.54, 1.807) is 36.4 Å². The van der Waals surface area contributed by atoms with Gasteiger partial charge in [0.15, 0.2) is 0 Å². The molecular formula is C39H48N6O13. The molecule has 19 nitrogen and oxygen atoms in total. The zero-order valence-corrected chi connectivity index (χ0v) is 32.2. The summed E-state index contributed by atoms with van der Waals surface area (Å²) in [6, 6.07) is 7.87. The summed E-state index contributed by atoms with van der Waals surface area (Å²) in [4.78, 5) is 100. The summed E-state index contributed by atoms with van der Waals surface area (Å²) in [7, 11) is 0. The Labute approximate surface area is 334 Å². The average Bonchev–Trinajstić information content (AvgIpc) is 3.61. The molecule has 6 rings (SSSR count). The fourth-order valence-electron chi connectivity index (χ4n) is 6.69. The molecule has 4 aliphatic rings. The van der Waals surface area contributed by atoms with E-state index in [9.17, 15) is 38.4 Å². The van der Waals surface area contributed by atoms with Crippen molar-refractivity contribution >= 4 is 58.6 Å². The third-order valence-corrected chi connectivity index (χ3v) is 9.39. The number of carbonyl (C=O) groups is 8. The number of benzene rings is 2. The first-order valence-corrected chi connectivity index (χ1v) is 19.2. The van der Waals surface area contributed by atoms with Crippen LogP contribution in [-0.4, -0.2) is 147 Å². The van der Waals surface area contributed by atoms with Crippen molar-refractivity contribution in [1.29, 1.82) is 0 Å². The van der Waals surface area contributed by atoms with Gasteiger partial charge in [0.05, 0.1) is 75.1 Å². The number of nitrogens with zero attached hydrogens (tertiary/aromatic N) is 2. The van der Waals surface area contributed by atoms with Gasteiger partial charge < -0.3 is 34.7 Å². The van der Waals surface area contributed by atoms with Gasteiger partial charge in [-0.05, 0) is 43.5 Å². The molecule has 4 aliphatic heterocycles. The van der Waals surface area contributed by atoms with Crippen molar-refractivity contribution in [2.45, 2.75) is 51.1 Å². The highest BCUT2D eigenvalue weighted by atomic mass is 16.5. The molecule has 58 heavy (non-hydrogen) atoms. The highest BCUT2D eigenvalue weighted by molar-refractivity contribution is 6.26. The normalized spacial score (nSPS) is 18.8. The van der Waals surface area contributed by atoms with Crippen LogP contribution in [0.1, 0.15) is 80.5 Å². The number of fused-ring (bicyclic) bond motifs is 2. The summed E-state index contributed by atoms with van der Waals surface area (Å²) < 4.78 is 21.3. The van der Waals surface area contributed by atoms with Crippen LogP contribution in [0.3, 0.4) is 0 Å². The number of imide groups is 4. The van der Waals surface area contributed by atoms with E-state index in [0.29, 0.717) is 70.7 Å². The summed E-state index contributed by atoms with van der Waals surface area (Å²) >= 11 is 0. The zero-order valence-electron chi connectivity index (χ0n) is 32.2. The first kappa shape index (κ1) is 43.5. The minimum Gasteiger partial charge on any atom is -0.394 e. The number of ether oxygens (including phenoxy) is 4. The van der Waals surface area contributed by atoms with Gasteiger partial charge >= 0.3 is 0 Å². The second-order valence-electron chi connectivity index (χ2n) is 13.4. The van der Waals surface area contributed by atoms with E-state index in [1.165, 1.54) is 0 Å². The summed E-state index contributed by atoms with van der Waals surface area (Å²) in [5, 5.41) is 19.2. The Morgan fingerprint density at radius 3 is 1.40 bits per heavy atom. The number of hydrogen-bond acceptors (Lipinski definition) is 15. The van der Waals surface area contributed by atoms with Crippen LogP contribution in [0.4, 0.5) is 11.4 Å². The van der Waals surface area contributed by atoms with E-state index in [2.05, 4.69) is 21.3 Å². The average molecular weight is 809 g/mol. The van der Waals surface area contributed by atoms with Gasteiger partial charge in [-0.25, -0.2) is 0 Å². The Bertz CT molecular complexity index is 1750. The molecular weight excluding hydrogens is 760 g/mol. The second-order valence-corrected chi connectivity index (χ2v) is 13.4. The van der Waals surface area contributed by atoms with Crippen molar-refractivity contribution in [3.63, 3.8) is 0 Å². The molecule has 2 atom stereocenters. The van der Waals surface area contributed by atoms with Crippen molar-refractivity contribution in [3.8, 4) is 0 Å². The van der Waals surface area contributed by atoms with Crippen LogP contribution in [0.25, 0.3) is 0 Å². The minimum atomic E-state index is -0.991. The SMILES string of the molecule is CCCOCCOCCNc1cccc2c1C(=O)N(C1CCC(=O)NC1=O)C2=O.O=C1CCC(N2C(=O)c3cccc(NCCOCCOCCO)c3C2=O)C(=O)N1.